The smallest absolute Gasteiger partial charge is 0.335 e. The first-order valence-electron chi connectivity index (χ1n) is 9.26. The van der Waals surface area contributed by atoms with Crippen molar-refractivity contribution in [2.24, 2.45) is 5.92 Å². The second kappa shape index (κ2) is 8.41. The highest BCUT2D eigenvalue weighted by Crippen LogP contribution is 2.25. The van der Waals surface area contributed by atoms with Crippen LogP contribution in [0.4, 0.5) is 10.5 Å². The van der Waals surface area contributed by atoms with Crippen LogP contribution >= 0.6 is 0 Å². The summed E-state index contributed by atoms with van der Waals surface area (Å²) < 4.78 is 5.11. The van der Waals surface area contributed by atoms with Gasteiger partial charge in [-0.15, -0.1) is 0 Å². The highest BCUT2D eigenvalue weighted by molar-refractivity contribution is 6.28. The number of ether oxygens (including phenoxy) is 1. The van der Waals surface area contributed by atoms with Crippen molar-refractivity contribution in [2.75, 3.05) is 45.2 Å². The molecule has 2 aliphatic heterocycles. The average Bonchev–Trinajstić information content (AvgIpc) is 2.69. The maximum absolute atomic E-state index is 13.1. The van der Waals surface area contributed by atoms with E-state index in [1.807, 2.05) is 5.01 Å². The average molecular weight is 388 g/mol. The second-order valence-corrected chi connectivity index (χ2v) is 6.90. The number of rotatable bonds is 5. The highest BCUT2D eigenvalue weighted by Gasteiger charge is 2.43. The zero-order valence-corrected chi connectivity index (χ0v) is 16.3. The summed E-state index contributed by atoms with van der Waals surface area (Å²) in [4.78, 5) is 40.4. The molecule has 4 amide bonds. The van der Waals surface area contributed by atoms with E-state index in [9.17, 15) is 14.4 Å². The zero-order valence-electron chi connectivity index (χ0n) is 16.3. The Kier molecular flexibility index (Phi) is 5.96. The number of hydrogen-bond acceptors (Lipinski definition) is 6. The number of anilines is 1. The Balaban J connectivity index is 1.81. The number of hydrazine groups is 1. The van der Waals surface area contributed by atoms with Crippen LogP contribution in [0, 0.1) is 5.92 Å². The summed E-state index contributed by atoms with van der Waals surface area (Å²) in [5.41, 5.74) is 4.04. The fourth-order valence-corrected chi connectivity index (χ4v) is 3.30. The number of nitrogens with zero attached hydrogens (tertiary/aromatic N) is 2. The van der Waals surface area contributed by atoms with Gasteiger partial charge in [-0.2, -0.15) is 0 Å². The zero-order chi connectivity index (χ0) is 20.3. The minimum atomic E-state index is -1.11. The largest absolute Gasteiger partial charge is 0.497 e. The summed E-state index contributed by atoms with van der Waals surface area (Å²) >= 11 is 0. The molecule has 0 bridgehead atoms. The molecule has 3 rings (SSSR count). The Bertz CT molecular complexity index is 784. The molecule has 9 nitrogen and oxygen atoms in total. The summed E-state index contributed by atoms with van der Waals surface area (Å²) in [6.45, 7) is 5.29. The van der Waals surface area contributed by atoms with Crippen molar-refractivity contribution in [1.82, 2.24) is 15.8 Å². The number of quaternary nitrogens is 1. The van der Waals surface area contributed by atoms with Gasteiger partial charge in [0.05, 0.1) is 46.0 Å². The normalized spacial score (nSPS) is 22.2. The summed E-state index contributed by atoms with van der Waals surface area (Å²) in [6, 6.07) is 5.77. The third-order valence-electron chi connectivity index (χ3n) is 5.02. The molecular weight excluding hydrogens is 362 g/mol. The molecular formula is C19H26N5O4+. The number of imide groups is 2. The molecule has 2 saturated heterocycles. The van der Waals surface area contributed by atoms with Gasteiger partial charge < -0.3 is 15.1 Å². The topological polar surface area (TPSA) is 95.4 Å². The van der Waals surface area contributed by atoms with Gasteiger partial charge in [0, 0.05) is 5.70 Å². The molecule has 1 atom stereocenters. The monoisotopic (exact) mass is 388 g/mol. The van der Waals surface area contributed by atoms with Gasteiger partial charge in [-0.25, -0.2) is 14.7 Å². The maximum Gasteiger partial charge on any atom is 0.335 e. The summed E-state index contributed by atoms with van der Waals surface area (Å²) in [5, 5.41) is 4.29. The minimum Gasteiger partial charge on any atom is -0.497 e. The van der Waals surface area contributed by atoms with Crippen molar-refractivity contribution >= 4 is 23.5 Å². The van der Waals surface area contributed by atoms with Crippen LogP contribution < -0.4 is 25.3 Å². The van der Waals surface area contributed by atoms with Crippen LogP contribution in [-0.4, -0.2) is 63.2 Å². The van der Waals surface area contributed by atoms with Crippen molar-refractivity contribution in [1.29, 1.82) is 0 Å². The number of hydrogen-bond donors (Lipinski definition) is 3. The van der Waals surface area contributed by atoms with Crippen LogP contribution in [-0.2, 0) is 9.59 Å². The van der Waals surface area contributed by atoms with E-state index in [-0.39, 0.29) is 0 Å². The van der Waals surface area contributed by atoms with Gasteiger partial charge in [0.15, 0.2) is 5.92 Å². The summed E-state index contributed by atoms with van der Waals surface area (Å²) in [7, 11) is 3.66. The van der Waals surface area contributed by atoms with E-state index < -0.39 is 23.8 Å². The Morgan fingerprint density at radius 2 is 1.86 bits per heavy atom. The first-order chi connectivity index (χ1) is 13.4. The number of carbonyl (C=O) groups excluding carboxylic acids is 3. The molecule has 28 heavy (non-hydrogen) atoms. The first kappa shape index (κ1) is 19.8. The van der Waals surface area contributed by atoms with Crippen molar-refractivity contribution in [3.8, 4) is 5.75 Å². The molecule has 0 saturated carbocycles. The predicted molar refractivity (Wildman–Crippen MR) is 103 cm³/mol. The number of nitrogens with one attached hydrogen (secondary N) is 3. The van der Waals surface area contributed by atoms with E-state index in [0.29, 0.717) is 17.1 Å². The lowest BCUT2D eigenvalue weighted by molar-refractivity contribution is -0.884. The maximum atomic E-state index is 13.1. The van der Waals surface area contributed by atoms with E-state index in [1.54, 1.807) is 37.3 Å². The number of benzene rings is 1. The molecule has 0 aromatic heterocycles. The highest BCUT2D eigenvalue weighted by atomic mass is 16.5. The lowest BCUT2D eigenvalue weighted by Crippen LogP contribution is -3.12. The van der Waals surface area contributed by atoms with Crippen LogP contribution in [0.3, 0.4) is 0 Å². The summed E-state index contributed by atoms with van der Waals surface area (Å²) in [5.74, 6) is -1.72. The second-order valence-electron chi connectivity index (χ2n) is 6.90. The first-order valence-corrected chi connectivity index (χ1v) is 9.26. The van der Waals surface area contributed by atoms with Crippen LogP contribution in [0.15, 0.2) is 36.0 Å². The van der Waals surface area contributed by atoms with Gasteiger partial charge in [0.1, 0.15) is 5.75 Å². The number of allylic oxidation sites excluding steroid dienone is 1. The molecule has 2 heterocycles. The Labute approximate surface area is 163 Å². The molecule has 150 valence electrons. The van der Waals surface area contributed by atoms with Crippen molar-refractivity contribution in [3.05, 3.63) is 36.0 Å². The molecule has 1 aromatic carbocycles. The van der Waals surface area contributed by atoms with Gasteiger partial charge in [-0.05, 0) is 31.2 Å². The molecule has 1 aromatic rings. The molecule has 9 heteroatoms. The van der Waals surface area contributed by atoms with E-state index in [2.05, 4.69) is 17.8 Å². The van der Waals surface area contributed by atoms with Crippen molar-refractivity contribution < 1.29 is 24.0 Å². The number of amides is 4. The van der Waals surface area contributed by atoms with E-state index >= 15 is 0 Å². The van der Waals surface area contributed by atoms with E-state index in [1.165, 1.54) is 12.0 Å². The summed E-state index contributed by atoms with van der Waals surface area (Å²) in [6.07, 6.45) is 1.70. The van der Waals surface area contributed by atoms with Gasteiger partial charge >= 0.3 is 6.03 Å². The van der Waals surface area contributed by atoms with E-state index in [0.717, 1.165) is 31.1 Å². The lowest BCUT2D eigenvalue weighted by Gasteiger charge is -2.35. The fraction of sp³-hybridized carbons (Fsp3) is 0.421. The number of carbonyl (C=O) groups is 3. The molecule has 3 N–H and O–H groups in total. The Hall–Kier alpha value is -2.91. The SMILES string of the molecule is C/C=C(/NN1CC[NH+](C)CC1)[C@H]1C(=O)NC(=O)N(c2ccc(OC)cc2)C1=O. The van der Waals surface area contributed by atoms with E-state index in [4.69, 9.17) is 4.74 Å². The molecule has 2 fully saturated rings. The van der Waals surface area contributed by atoms with Gasteiger partial charge in [0.2, 0.25) is 5.91 Å². The molecule has 2 aliphatic rings. The fourth-order valence-electron chi connectivity index (χ4n) is 3.30. The van der Waals surface area contributed by atoms with Crippen molar-refractivity contribution in [3.63, 3.8) is 0 Å². The predicted octanol–water partition coefficient (Wildman–Crippen LogP) is -0.867. The molecule has 0 spiro atoms. The van der Waals surface area contributed by atoms with Gasteiger partial charge in [0.25, 0.3) is 5.91 Å². The number of methoxy groups -OCH3 is 1. The molecule has 0 unspecified atom stereocenters. The quantitative estimate of drug-likeness (QED) is 0.568. The Morgan fingerprint density at radius 1 is 1.21 bits per heavy atom. The van der Waals surface area contributed by atoms with Crippen LogP contribution in [0.25, 0.3) is 0 Å². The lowest BCUT2D eigenvalue weighted by atomic mass is 10.00. The number of likely N-dealkylation sites (N-methyl/N-ethyl adjacent to an activating group) is 1. The third-order valence-corrected chi connectivity index (χ3v) is 5.02. The standard InChI is InChI=1S/C19H25N5O4/c1-4-15(21-23-11-9-22(2)10-12-23)16-17(25)20-19(27)24(18(16)26)13-5-7-14(28-3)8-6-13/h4-8,16,21H,9-12H2,1-3H3,(H,20,25,27)/p+1/b15-4+/t16-/m0/s1. The van der Waals surface area contributed by atoms with Crippen molar-refractivity contribution in [2.45, 2.75) is 6.92 Å². The van der Waals surface area contributed by atoms with Gasteiger partial charge in [-0.3, -0.25) is 14.9 Å². The van der Waals surface area contributed by atoms with Crippen LogP contribution in [0.5, 0.6) is 5.75 Å². The number of barbiturate groups is 1. The van der Waals surface area contributed by atoms with Gasteiger partial charge in [-0.1, -0.05) is 6.08 Å². The molecule has 0 aliphatic carbocycles. The van der Waals surface area contributed by atoms with Crippen LogP contribution in [0.2, 0.25) is 0 Å². The Morgan fingerprint density at radius 3 is 2.43 bits per heavy atom. The third kappa shape index (κ3) is 4.00. The molecule has 0 radical (unpaired) electrons. The number of piperazine rings is 1. The number of urea groups is 1. The minimum absolute atomic E-state index is 0.374. The van der Waals surface area contributed by atoms with Crippen LogP contribution in [0.1, 0.15) is 6.92 Å².